The standard InChI is InChI=1S/C20H29N3O/c1-4-7-10-14-20(5-2,6-3)16-24-19-12-9-8-11-17(19)18-13-15-21-23-22-18/h8-9,11-13,15H,4-7,10,14,16H2,1-3H3. The third-order valence-corrected chi connectivity index (χ3v) is 5.01. The van der Waals surface area contributed by atoms with E-state index in [1.165, 1.54) is 25.7 Å². The zero-order valence-corrected chi connectivity index (χ0v) is 15.2. The van der Waals surface area contributed by atoms with Crippen molar-refractivity contribution in [3.63, 3.8) is 0 Å². The van der Waals surface area contributed by atoms with E-state index < -0.39 is 0 Å². The van der Waals surface area contributed by atoms with Gasteiger partial charge in [-0.3, -0.25) is 0 Å². The van der Waals surface area contributed by atoms with Gasteiger partial charge in [-0.15, -0.1) is 10.2 Å². The average molecular weight is 327 g/mol. The molecule has 0 fully saturated rings. The second-order valence-electron chi connectivity index (χ2n) is 6.45. The summed E-state index contributed by atoms with van der Waals surface area (Å²) in [5.41, 5.74) is 2.03. The van der Waals surface area contributed by atoms with Crippen molar-refractivity contribution in [2.45, 2.75) is 59.3 Å². The maximum Gasteiger partial charge on any atom is 0.128 e. The molecular weight excluding hydrogens is 298 g/mol. The van der Waals surface area contributed by atoms with Gasteiger partial charge in [0, 0.05) is 11.0 Å². The van der Waals surface area contributed by atoms with Gasteiger partial charge in [0.2, 0.25) is 0 Å². The third-order valence-electron chi connectivity index (χ3n) is 5.01. The van der Waals surface area contributed by atoms with Crippen molar-refractivity contribution >= 4 is 0 Å². The Balaban J connectivity index is 2.13. The van der Waals surface area contributed by atoms with E-state index in [4.69, 9.17) is 4.74 Å². The van der Waals surface area contributed by atoms with Crippen LogP contribution in [-0.4, -0.2) is 22.0 Å². The summed E-state index contributed by atoms with van der Waals surface area (Å²) >= 11 is 0. The molecule has 0 bridgehead atoms. The molecule has 0 aliphatic carbocycles. The Morgan fingerprint density at radius 3 is 2.46 bits per heavy atom. The SMILES string of the molecule is CCCCCC(CC)(CC)COc1ccccc1-c1ccnnn1. The fourth-order valence-electron chi connectivity index (χ4n) is 3.05. The summed E-state index contributed by atoms with van der Waals surface area (Å²) in [5.74, 6) is 0.875. The van der Waals surface area contributed by atoms with E-state index in [-0.39, 0.29) is 5.41 Å². The van der Waals surface area contributed by atoms with Crippen LogP contribution in [0.3, 0.4) is 0 Å². The molecule has 0 aliphatic rings. The number of benzene rings is 1. The van der Waals surface area contributed by atoms with Gasteiger partial charge in [-0.25, -0.2) is 0 Å². The van der Waals surface area contributed by atoms with E-state index in [2.05, 4.69) is 36.2 Å². The van der Waals surface area contributed by atoms with Crippen LogP contribution in [0, 0.1) is 5.41 Å². The molecular formula is C20H29N3O. The lowest BCUT2D eigenvalue weighted by Gasteiger charge is -2.32. The fourth-order valence-corrected chi connectivity index (χ4v) is 3.05. The lowest BCUT2D eigenvalue weighted by Crippen LogP contribution is -2.27. The lowest BCUT2D eigenvalue weighted by molar-refractivity contribution is 0.119. The van der Waals surface area contributed by atoms with Crippen molar-refractivity contribution in [3.05, 3.63) is 36.5 Å². The molecule has 0 spiro atoms. The molecule has 0 aliphatic heterocycles. The Labute approximate surface area is 145 Å². The van der Waals surface area contributed by atoms with E-state index in [1.807, 2.05) is 30.3 Å². The van der Waals surface area contributed by atoms with Crippen LogP contribution in [0.4, 0.5) is 0 Å². The van der Waals surface area contributed by atoms with Gasteiger partial charge >= 0.3 is 0 Å². The highest BCUT2D eigenvalue weighted by molar-refractivity contribution is 5.66. The van der Waals surface area contributed by atoms with Crippen LogP contribution in [0.1, 0.15) is 59.3 Å². The minimum absolute atomic E-state index is 0.256. The van der Waals surface area contributed by atoms with Gasteiger partial charge in [0.05, 0.1) is 12.8 Å². The number of ether oxygens (including phenoxy) is 1. The topological polar surface area (TPSA) is 47.9 Å². The minimum Gasteiger partial charge on any atom is -0.492 e. The Kier molecular flexibility index (Phi) is 7.16. The number of hydrogen-bond acceptors (Lipinski definition) is 4. The maximum absolute atomic E-state index is 6.28. The zero-order chi connectivity index (χ0) is 17.3. The molecule has 4 nitrogen and oxygen atoms in total. The van der Waals surface area contributed by atoms with Gasteiger partial charge in [0.25, 0.3) is 0 Å². The molecule has 4 heteroatoms. The molecule has 0 saturated carbocycles. The van der Waals surface area contributed by atoms with E-state index in [9.17, 15) is 0 Å². The van der Waals surface area contributed by atoms with Crippen LogP contribution in [0.2, 0.25) is 0 Å². The van der Waals surface area contributed by atoms with Gasteiger partial charge in [-0.05, 0) is 42.7 Å². The van der Waals surface area contributed by atoms with Crippen LogP contribution in [-0.2, 0) is 0 Å². The summed E-state index contributed by atoms with van der Waals surface area (Å²) in [4.78, 5) is 0. The second kappa shape index (κ2) is 9.36. The van der Waals surface area contributed by atoms with E-state index >= 15 is 0 Å². The first-order valence-electron chi connectivity index (χ1n) is 9.11. The van der Waals surface area contributed by atoms with Crippen molar-refractivity contribution in [2.24, 2.45) is 5.41 Å². The predicted octanol–water partition coefficient (Wildman–Crippen LogP) is 5.30. The molecule has 2 rings (SSSR count). The zero-order valence-electron chi connectivity index (χ0n) is 15.2. The summed E-state index contributed by atoms with van der Waals surface area (Å²) in [6.45, 7) is 7.55. The number of aromatic nitrogens is 3. The smallest absolute Gasteiger partial charge is 0.128 e. The minimum atomic E-state index is 0.256. The Morgan fingerprint density at radius 2 is 1.79 bits per heavy atom. The van der Waals surface area contributed by atoms with E-state index in [0.717, 1.165) is 36.5 Å². The Morgan fingerprint density at radius 1 is 1.00 bits per heavy atom. The Hall–Kier alpha value is -1.97. The second-order valence-corrected chi connectivity index (χ2v) is 6.45. The largest absolute Gasteiger partial charge is 0.492 e. The van der Waals surface area contributed by atoms with Crippen molar-refractivity contribution < 1.29 is 4.74 Å². The molecule has 0 amide bonds. The number of rotatable bonds is 10. The highest BCUT2D eigenvalue weighted by Crippen LogP contribution is 2.35. The third kappa shape index (κ3) is 4.76. The van der Waals surface area contributed by atoms with Crippen molar-refractivity contribution in [1.82, 2.24) is 15.4 Å². The molecule has 2 aromatic rings. The van der Waals surface area contributed by atoms with Gasteiger partial charge in [-0.1, -0.05) is 52.2 Å². The number of nitrogens with zero attached hydrogens (tertiary/aromatic N) is 3. The Bertz CT molecular complexity index is 597. The highest BCUT2D eigenvalue weighted by Gasteiger charge is 2.27. The highest BCUT2D eigenvalue weighted by atomic mass is 16.5. The molecule has 1 aromatic heterocycles. The first kappa shape index (κ1) is 18.4. The van der Waals surface area contributed by atoms with Crippen LogP contribution in [0.25, 0.3) is 11.3 Å². The molecule has 0 saturated heterocycles. The molecule has 24 heavy (non-hydrogen) atoms. The number of para-hydroxylation sites is 1. The average Bonchev–Trinajstić information content (AvgIpc) is 2.66. The van der Waals surface area contributed by atoms with Crippen molar-refractivity contribution in [1.29, 1.82) is 0 Å². The quantitative estimate of drug-likeness (QED) is 0.555. The summed E-state index contributed by atoms with van der Waals surface area (Å²) in [6.07, 6.45) is 9.00. The predicted molar refractivity (Wildman–Crippen MR) is 97.9 cm³/mol. The first-order chi connectivity index (χ1) is 11.7. The fraction of sp³-hybridized carbons (Fsp3) is 0.550. The molecule has 0 N–H and O–H groups in total. The maximum atomic E-state index is 6.28. The van der Waals surface area contributed by atoms with Crippen LogP contribution >= 0.6 is 0 Å². The summed E-state index contributed by atoms with van der Waals surface area (Å²) in [5, 5.41) is 11.6. The van der Waals surface area contributed by atoms with Gasteiger partial charge in [0.1, 0.15) is 11.4 Å². The van der Waals surface area contributed by atoms with Gasteiger partial charge < -0.3 is 4.74 Å². The van der Waals surface area contributed by atoms with Crippen molar-refractivity contribution in [3.8, 4) is 17.0 Å². The van der Waals surface area contributed by atoms with Crippen LogP contribution < -0.4 is 4.74 Å². The number of unbranched alkanes of at least 4 members (excludes halogenated alkanes) is 2. The van der Waals surface area contributed by atoms with Crippen LogP contribution in [0.5, 0.6) is 5.75 Å². The normalized spacial score (nSPS) is 11.5. The van der Waals surface area contributed by atoms with Crippen LogP contribution in [0.15, 0.2) is 36.5 Å². The lowest BCUT2D eigenvalue weighted by atomic mass is 9.78. The molecule has 1 aromatic carbocycles. The molecule has 1 heterocycles. The first-order valence-corrected chi connectivity index (χ1v) is 9.11. The number of hydrogen-bond donors (Lipinski definition) is 0. The summed E-state index contributed by atoms with van der Waals surface area (Å²) in [6, 6.07) is 9.90. The summed E-state index contributed by atoms with van der Waals surface area (Å²) in [7, 11) is 0. The molecule has 0 radical (unpaired) electrons. The molecule has 0 unspecified atom stereocenters. The summed E-state index contributed by atoms with van der Waals surface area (Å²) < 4.78 is 6.28. The molecule has 0 atom stereocenters. The molecule has 130 valence electrons. The van der Waals surface area contributed by atoms with Gasteiger partial charge in [0.15, 0.2) is 0 Å². The van der Waals surface area contributed by atoms with Gasteiger partial charge in [-0.2, -0.15) is 0 Å². The van der Waals surface area contributed by atoms with Crippen molar-refractivity contribution in [2.75, 3.05) is 6.61 Å². The van der Waals surface area contributed by atoms with E-state index in [0.29, 0.717) is 0 Å². The van der Waals surface area contributed by atoms with E-state index in [1.54, 1.807) is 6.20 Å². The monoisotopic (exact) mass is 327 g/mol.